The number of fused-ring (bicyclic) bond motifs is 5. The lowest BCUT2D eigenvalue weighted by Crippen LogP contribution is -2.21. The normalized spacial score (nSPS) is 51.3. The van der Waals surface area contributed by atoms with Crippen molar-refractivity contribution in [3.63, 3.8) is 0 Å². The molecule has 0 aromatic heterocycles. The molecular weight excluding hydrogens is 172 g/mol. The van der Waals surface area contributed by atoms with Crippen LogP contribution in [0.2, 0.25) is 0 Å². The molecule has 4 unspecified atom stereocenters. The van der Waals surface area contributed by atoms with Crippen LogP contribution in [0.15, 0.2) is 12.2 Å². The minimum absolute atomic E-state index is 0.200. The van der Waals surface area contributed by atoms with Crippen molar-refractivity contribution in [2.75, 3.05) is 0 Å². The van der Waals surface area contributed by atoms with E-state index in [-0.39, 0.29) is 11.8 Å². The molecule has 2 fully saturated rings. The number of cyclic esters (lactones) is 2. The zero-order valence-electron chi connectivity index (χ0n) is 6.71. The minimum Gasteiger partial charge on any atom is -0.393 e. The standard InChI is InChI=1S/C9H8O4/c10-7-3-1-2-4(7)6-5(3)8(11)13-9(6)12/h1-7,10H. The Morgan fingerprint density at radius 2 is 1.54 bits per heavy atom. The van der Waals surface area contributed by atoms with Gasteiger partial charge in [-0.05, 0) is 0 Å². The van der Waals surface area contributed by atoms with Gasteiger partial charge in [0.1, 0.15) is 0 Å². The van der Waals surface area contributed by atoms with E-state index in [1.54, 1.807) is 0 Å². The first-order chi connectivity index (χ1) is 6.20. The summed E-state index contributed by atoms with van der Waals surface area (Å²) in [5.41, 5.74) is 0. The topological polar surface area (TPSA) is 63.6 Å². The van der Waals surface area contributed by atoms with Gasteiger partial charge in [0.05, 0.1) is 17.9 Å². The Morgan fingerprint density at radius 1 is 1.08 bits per heavy atom. The van der Waals surface area contributed by atoms with Crippen LogP contribution < -0.4 is 0 Å². The fourth-order valence-electron chi connectivity index (χ4n) is 2.73. The van der Waals surface area contributed by atoms with Crippen molar-refractivity contribution in [3.05, 3.63) is 12.2 Å². The van der Waals surface area contributed by atoms with E-state index in [1.807, 2.05) is 12.2 Å². The lowest BCUT2D eigenvalue weighted by atomic mass is 9.85. The summed E-state index contributed by atoms with van der Waals surface area (Å²) in [5, 5.41) is 9.65. The van der Waals surface area contributed by atoms with Gasteiger partial charge in [-0.25, -0.2) is 0 Å². The first kappa shape index (κ1) is 7.26. The molecule has 0 spiro atoms. The highest BCUT2D eigenvalue weighted by atomic mass is 16.6. The van der Waals surface area contributed by atoms with Crippen LogP contribution in [-0.2, 0) is 14.3 Å². The number of carbonyl (C=O) groups is 2. The maximum Gasteiger partial charge on any atom is 0.318 e. The lowest BCUT2D eigenvalue weighted by Gasteiger charge is -2.11. The highest BCUT2D eigenvalue weighted by Gasteiger charge is 2.62. The van der Waals surface area contributed by atoms with Crippen molar-refractivity contribution >= 4 is 11.9 Å². The summed E-state index contributed by atoms with van der Waals surface area (Å²) in [6.07, 6.45) is 3.07. The Labute approximate surface area is 74.2 Å². The summed E-state index contributed by atoms with van der Waals surface area (Å²) >= 11 is 0. The monoisotopic (exact) mass is 180 g/mol. The molecule has 13 heavy (non-hydrogen) atoms. The summed E-state index contributed by atoms with van der Waals surface area (Å²) < 4.78 is 4.53. The Morgan fingerprint density at radius 3 is 2.00 bits per heavy atom. The molecular formula is C9H8O4. The Bertz CT molecular complexity index is 303. The second-order valence-electron chi connectivity index (χ2n) is 3.82. The predicted octanol–water partition coefficient (Wildman–Crippen LogP) is -0.521. The van der Waals surface area contributed by atoms with Crippen LogP contribution >= 0.6 is 0 Å². The molecule has 1 N–H and O–H groups in total. The maximum absolute atomic E-state index is 11.2. The summed E-state index contributed by atoms with van der Waals surface area (Å²) in [7, 11) is 0. The van der Waals surface area contributed by atoms with Gasteiger partial charge in [-0.1, -0.05) is 12.2 Å². The summed E-state index contributed by atoms with van der Waals surface area (Å²) in [4.78, 5) is 22.4. The van der Waals surface area contributed by atoms with Crippen molar-refractivity contribution in [1.29, 1.82) is 0 Å². The van der Waals surface area contributed by atoms with Crippen molar-refractivity contribution in [2.45, 2.75) is 6.10 Å². The number of esters is 2. The molecule has 4 atom stereocenters. The van der Waals surface area contributed by atoms with Crippen LogP contribution in [-0.4, -0.2) is 23.1 Å². The number of ether oxygens (including phenoxy) is 1. The van der Waals surface area contributed by atoms with E-state index in [2.05, 4.69) is 4.74 Å². The minimum atomic E-state index is -0.563. The van der Waals surface area contributed by atoms with E-state index in [9.17, 15) is 14.7 Å². The molecule has 2 aliphatic carbocycles. The van der Waals surface area contributed by atoms with Gasteiger partial charge in [0.2, 0.25) is 0 Å². The first-order valence-electron chi connectivity index (χ1n) is 4.32. The molecule has 68 valence electrons. The molecule has 0 amide bonds. The lowest BCUT2D eigenvalue weighted by molar-refractivity contribution is -0.155. The summed E-state index contributed by atoms with van der Waals surface area (Å²) in [6.45, 7) is 0. The zero-order chi connectivity index (χ0) is 9.16. The van der Waals surface area contributed by atoms with E-state index < -0.39 is 29.9 Å². The molecule has 1 aliphatic heterocycles. The fourth-order valence-corrected chi connectivity index (χ4v) is 2.73. The smallest absolute Gasteiger partial charge is 0.318 e. The number of aliphatic hydroxyl groups excluding tert-OH is 1. The van der Waals surface area contributed by atoms with Gasteiger partial charge in [-0.3, -0.25) is 9.59 Å². The second-order valence-corrected chi connectivity index (χ2v) is 3.82. The Kier molecular flexibility index (Phi) is 1.12. The SMILES string of the molecule is O=C1OC(=O)C2C3C=CC(C3O)C12. The molecule has 4 heteroatoms. The zero-order valence-corrected chi connectivity index (χ0v) is 6.71. The van der Waals surface area contributed by atoms with E-state index in [0.29, 0.717) is 0 Å². The van der Waals surface area contributed by atoms with Crippen LogP contribution in [0, 0.1) is 23.7 Å². The molecule has 1 saturated carbocycles. The van der Waals surface area contributed by atoms with E-state index in [0.717, 1.165) is 0 Å². The van der Waals surface area contributed by atoms with Crippen molar-refractivity contribution in [2.24, 2.45) is 23.7 Å². The average Bonchev–Trinajstić information content (AvgIpc) is 2.67. The van der Waals surface area contributed by atoms with Crippen LogP contribution in [0.1, 0.15) is 0 Å². The molecule has 0 aromatic carbocycles. The quantitative estimate of drug-likeness (QED) is 0.309. The molecule has 0 radical (unpaired) electrons. The second kappa shape index (κ2) is 2.01. The first-order valence-corrected chi connectivity index (χ1v) is 4.32. The summed E-state index contributed by atoms with van der Waals surface area (Å²) in [6, 6.07) is 0. The largest absolute Gasteiger partial charge is 0.393 e. The fraction of sp³-hybridized carbons (Fsp3) is 0.556. The molecule has 0 aromatic rings. The van der Waals surface area contributed by atoms with Crippen molar-refractivity contribution in [3.8, 4) is 0 Å². The number of hydrogen-bond donors (Lipinski definition) is 1. The Hall–Kier alpha value is -1.16. The molecule has 1 heterocycles. The molecule has 4 nitrogen and oxygen atoms in total. The van der Waals surface area contributed by atoms with Crippen molar-refractivity contribution in [1.82, 2.24) is 0 Å². The highest BCUT2D eigenvalue weighted by molar-refractivity contribution is 5.98. The van der Waals surface area contributed by atoms with E-state index in [4.69, 9.17) is 0 Å². The van der Waals surface area contributed by atoms with Crippen LogP contribution in [0.5, 0.6) is 0 Å². The number of rotatable bonds is 0. The van der Waals surface area contributed by atoms with Crippen LogP contribution in [0.25, 0.3) is 0 Å². The highest BCUT2D eigenvalue weighted by Crippen LogP contribution is 2.51. The van der Waals surface area contributed by atoms with Crippen molar-refractivity contribution < 1.29 is 19.4 Å². The van der Waals surface area contributed by atoms with Crippen LogP contribution in [0.3, 0.4) is 0 Å². The molecule has 3 rings (SSSR count). The molecule has 2 bridgehead atoms. The van der Waals surface area contributed by atoms with Crippen LogP contribution in [0.4, 0.5) is 0 Å². The van der Waals surface area contributed by atoms with Gasteiger partial charge in [0.25, 0.3) is 0 Å². The van der Waals surface area contributed by atoms with Gasteiger partial charge in [0.15, 0.2) is 0 Å². The number of aliphatic hydroxyl groups is 1. The van der Waals surface area contributed by atoms with Gasteiger partial charge in [-0.2, -0.15) is 0 Å². The third-order valence-electron chi connectivity index (χ3n) is 3.31. The molecule has 3 aliphatic rings. The van der Waals surface area contributed by atoms with Gasteiger partial charge >= 0.3 is 11.9 Å². The van der Waals surface area contributed by atoms with Gasteiger partial charge < -0.3 is 9.84 Å². The maximum atomic E-state index is 11.2. The Balaban J connectivity index is 2.09. The predicted molar refractivity (Wildman–Crippen MR) is 40.2 cm³/mol. The number of hydrogen-bond acceptors (Lipinski definition) is 4. The van der Waals surface area contributed by atoms with E-state index >= 15 is 0 Å². The third kappa shape index (κ3) is 0.659. The number of carbonyl (C=O) groups excluding carboxylic acids is 2. The molecule has 1 saturated heterocycles. The van der Waals surface area contributed by atoms with Gasteiger partial charge in [-0.15, -0.1) is 0 Å². The summed E-state index contributed by atoms with van der Waals surface area (Å²) in [5.74, 6) is -2.17. The average molecular weight is 180 g/mol. The van der Waals surface area contributed by atoms with Gasteiger partial charge in [0, 0.05) is 11.8 Å². The third-order valence-corrected chi connectivity index (χ3v) is 3.31. The van der Waals surface area contributed by atoms with E-state index in [1.165, 1.54) is 0 Å².